The topological polar surface area (TPSA) is 57.6 Å². The number of halogens is 3. The van der Waals surface area contributed by atoms with E-state index in [-0.39, 0.29) is 12.5 Å². The number of hydrogen-bond donors (Lipinski definition) is 1. The standard InChI is InChI=1S/C18H22F3NO3/c1-3-14(12-6-4-7-13(10-12)18(19,20)21)15(23)22-9-5-8-17(2,11-22)16(24)25/h4,6-7,10,14H,3,5,8-9,11H2,1-2H3,(H,24,25). The quantitative estimate of drug-likeness (QED) is 0.889. The highest BCUT2D eigenvalue weighted by atomic mass is 19.4. The molecule has 1 heterocycles. The van der Waals surface area contributed by atoms with Crippen LogP contribution in [0.25, 0.3) is 0 Å². The van der Waals surface area contributed by atoms with Crippen molar-refractivity contribution >= 4 is 11.9 Å². The molecule has 2 rings (SSSR count). The maximum absolute atomic E-state index is 12.9. The largest absolute Gasteiger partial charge is 0.481 e. The third kappa shape index (κ3) is 4.14. The van der Waals surface area contributed by atoms with Crippen LogP contribution < -0.4 is 0 Å². The summed E-state index contributed by atoms with van der Waals surface area (Å²) in [6.45, 7) is 3.84. The summed E-state index contributed by atoms with van der Waals surface area (Å²) in [5, 5.41) is 9.37. The van der Waals surface area contributed by atoms with Gasteiger partial charge in [-0.15, -0.1) is 0 Å². The van der Waals surface area contributed by atoms with Gasteiger partial charge in [-0.2, -0.15) is 13.2 Å². The van der Waals surface area contributed by atoms with Crippen molar-refractivity contribution in [3.05, 3.63) is 35.4 Å². The molecule has 2 unspecified atom stereocenters. The number of benzene rings is 1. The summed E-state index contributed by atoms with van der Waals surface area (Å²) in [6, 6.07) is 4.79. The number of hydrogen-bond acceptors (Lipinski definition) is 2. The van der Waals surface area contributed by atoms with Gasteiger partial charge in [0.1, 0.15) is 0 Å². The van der Waals surface area contributed by atoms with E-state index < -0.39 is 29.0 Å². The zero-order valence-corrected chi connectivity index (χ0v) is 14.3. The van der Waals surface area contributed by atoms with Gasteiger partial charge >= 0.3 is 12.1 Å². The monoisotopic (exact) mass is 357 g/mol. The predicted octanol–water partition coefficient (Wildman–Crippen LogP) is 3.91. The van der Waals surface area contributed by atoms with Crippen LogP contribution in [-0.2, 0) is 15.8 Å². The molecule has 138 valence electrons. The number of rotatable bonds is 4. The smallest absolute Gasteiger partial charge is 0.416 e. The third-order valence-electron chi connectivity index (χ3n) is 4.85. The molecule has 4 nitrogen and oxygen atoms in total. The lowest BCUT2D eigenvalue weighted by atomic mass is 9.81. The Balaban J connectivity index is 2.26. The van der Waals surface area contributed by atoms with Crippen LogP contribution in [0.3, 0.4) is 0 Å². The molecule has 1 amide bonds. The first-order valence-electron chi connectivity index (χ1n) is 8.28. The van der Waals surface area contributed by atoms with Gasteiger partial charge in [0.15, 0.2) is 0 Å². The fraction of sp³-hybridized carbons (Fsp3) is 0.556. The molecule has 1 N–H and O–H groups in total. The molecule has 25 heavy (non-hydrogen) atoms. The van der Waals surface area contributed by atoms with E-state index in [9.17, 15) is 27.9 Å². The number of likely N-dealkylation sites (tertiary alicyclic amines) is 1. The number of piperidine rings is 1. The lowest BCUT2D eigenvalue weighted by Gasteiger charge is -2.39. The number of carbonyl (C=O) groups is 2. The Morgan fingerprint density at radius 2 is 2.04 bits per heavy atom. The van der Waals surface area contributed by atoms with Gasteiger partial charge in [-0.1, -0.05) is 25.1 Å². The van der Waals surface area contributed by atoms with E-state index in [2.05, 4.69) is 0 Å². The molecule has 0 bridgehead atoms. The van der Waals surface area contributed by atoms with E-state index in [4.69, 9.17) is 0 Å². The van der Waals surface area contributed by atoms with Crippen LogP contribution in [0, 0.1) is 5.41 Å². The Morgan fingerprint density at radius 3 is 2.60 bits per heavy atom. The average Bonchev–Trinajstić information content (AvgIpc) is 2.55. The number of alkyl halides is 3. The number of carbonyl (C=O) groups excluding carboxylic acids is 1. The molecule has 1 fully saturated rings. The van der Waals surface area contributed by atoms with Crippen LogP contribution in [0.1, 0.15) is 50.2 Å². The SMILES string of the molecule is CCC(C(=O)N1CCCC(C)(C(=O)O)C1)c1cccc(C(F)(F)F)c1. The molecule has 2 atom stereocenters. The molecule has 1 aliphatic heterocycles. The zero-order chi connectivity index (χ0) is 18.8. The molecule has 0 aromatic heterocycles. The highest BCUT2D eigenvalue weighted by Crippen LogP contribution is 2.35. The van der Waals surface area contributed by atoms with Crippen molar-refractivity contribution in [1.29, 1.82) is 0 Å². The minimum absolute atomic E-state index is 0.0800. The second-order valence-electron chi connectivity index (χ2n) is 6.81. The summed E-state index contributed by atoms with van der Waals surface area (Å²) in [5.41, 5.74) is -1.49. The molecule has 1 saturated heterocycles. The van der Waals surface area contributed by atoms with Crippen LogP contribution in [0.2, 0.25) is 0 Å². The maximum atomic E-state index is 12.9. The normalized spacial score (nSPS) is 22.5. The van der Waals surface area contributed by atoms with Gasteiger partial charge in [-0.3, -0.25) is 9.59 Å². The van der Waals surface area contributed by atoms with Gasteiger partial charge in [-0.05, 0) is 37.8 Å². The summed E-state index contributed by atoms with van der Waals surface area (Å²) >= 11 is 0. The van der Waals surface area contributed by atoms with Crippen LogP contribution in [-0.4, -0.2) is 35.0 Å². The summed E-state index contributed by atoms with van der Waals surface area (Å²) in [6.07, 6.45) is -3.08. The Morgan fingerprint density at radius 1 is 1.36 bits per heavy atom. The van der Waals surface area contributed by atoms with Gasteiger partial charge < -0.3 is 10.0 Å². The predicted molar refractivity (Wildman–Crippen MR) is 86.0 cm³/mol. The van der Waals surface area contributed by atoms with Crippen LogP contribution >= 0.6 is 0 Å². The fourth-order valence-electron chi connectivity index (χ4n) is 3.31. The van der Waals surface area contributed by atoms with Gasteiger partial charge in [0, 0.05) is 13.1 Å². The van der Waals surface area contributed by atoms with Gasteiger partial charge in [0.05, 0.1) is 16.9 Å². The first kappa shape index (κ1) is 19.3. The first-order chi connectivity index (χ1) is 11.6. The molecular formula is C18H22F3NO3. The van der Waals surface area contributed by atoms with Gasteiger partial charge in [0.2, 0.25) is 5.91 Å². The van der Waals surface area contributed by atoms with E-state index in [0.717, 1.165) is 12.1 Å². The van der Waals surface area contributed by atoms with Crippen molar-refractivity contribution in [2.45, 2.75) is 45.2 Å². The summed E-state index contributed by atoms with van der Waals surface area (Å²) in [4.78, 5) is 25.8. The van der Waals surface area contributed by atoms with E-state index in [1.54, 1.807) is 13.8 Å². The molecule has 1 aromatic rings. The molecule has 0 spiro atoms. The lowest BCUT2D eigenvalue weighted by molar-refractivity contribution is -0.154. The van der Waals surface area contributed by atoms with Crippen molar-refractivity contribution in [3.63, 3.8) is 0 Å². The second kappa shape index (κ2) is 7.06. The van der Waals surface area contributed by atoms with Crippen LogP contribution in [0.5, 0.6) is 0 Å². The Kier molecular flexibility index (Phi) is 5.44. The van der Waals surface area contributed by atoms with Crippen molar-refractivity contribution in [1.82, 2.24) is 4.90 Å². The molecule has 7 heteroatoms. The molecule has 1 aliphatic rings. The average molecular weight is 357 g/mol. The highest BCUT2D eigenvalue weighted by Gasteiger charge is 2.41. The molecule has 0 saturated carbocycles. The lowest BCUT2D eigenvalue weighted by Crippen LogP contribution is -2.49. The number of carboxylic acids is 1. The summed E-state index contributed by atoms with van der Waals surface area (Å²) < 4.78 is 38.8. The summed E-state index contributed by atoms with van der Waals surface area (Å²) in [7, 11) is 0. The van der Waals surface area contributed by atoms with Gasteiger partial charge in [0.25, 0.3) is 0 Å². The fourth-order valence-corrected chi connectivity index (χ4v) is 3.31. The maximum Gasteiger partial charge on any atom is 0.416 e. The minimum atomic E-state index is -4.47. The van der Waals surface area contributed by atoms with Crippen molar-refractivity contribution in [2.24, 2.45) is 5.41 Å². The van der Waals surface area contributed by atoms with E-state index >= 15 is 0 Å². The third-order valence-corrected chi connectivity index (χ3v) is 4.85. The highest BCUT2D eigenvalue weighted by molar-refractivity contribution is 5.85. The zero-order valence-electron chi connectivity index (χ0n) is 14.3. The second-order valence-corrected chi connectivity index (χ2v) is 6.81. The summed E-state index contributed by atoms with van der Waals surface area (Å²) in [5.74, 6) is -1.98. The van der Waals surface area contributed by atoms with E-state index in [1.165, 1.54) is 17.0 Å². The number of aliphatic carboxylic acids is 1. The van der Waals surface area contributed by atoms with E-state index in [0.29, 0.717) is 31.4 Å². The van der Waals surface area contributed by atoms with Crippen molar-refractivity contribution in [2.75, 3.05) is 13.1 Å². The first-order valence-corrected chi connectivity index (χ1v) is 8.28. The Bertz CT molecular complexity index is 659. The number of carboxylic acid groups (broad SMARTS) is 1. The molecule has 0 radical (unpaired) electrons. The molecule has 0 aliphatic carbocycles. The number of nitrogens with zero attached hydrogens (tertiary/aromatic N) is 1. The van der Waals surface area contributed by atoms with Crippen LogP contribution in [0.4, 0.5) is 13.2 Å². The van der Waals surface area contributed by atoms with Crippen LogP contribution in [0.15, 0.2) is 24.3 Å². The Labute approximate surface area is 144 Å². The van der Waals surface area contributed by atoms with Crippen molar-refractivity contribution in [3.8, 4) is 0 Å². The number of amides is 1. The Hall–Kier alpha value is -2.05. The molecular weight excluding hydrogens is 335 g/mol. The molecule has 1 aromatic carbocycles. The van der Waals surface area contributed by atoms with E-state index in [1.807, 2.05) is 0 Å². The minimum Gasteiger partial charge on any atom is -0.481 e. The van der Waals surface area contributed by atoms with Gasteiger partial charge in [-0.25, -0.2) is 0 Å². The van der Waals surface area contributed by atoms with Crippen molar-refractivity contribution < 1.29 is 27.9 Å².